The Morgan fingerprint density at radius 2 is 2.07 bits per heavy atom. The third kappa shape index (κ3) is 3.45. The van der Waals surface area contributed by atoms with Crippen LogP contribution in [-0.2, 0) is 12.5 Å². The van der Waals surface area contributed by atoms with Gasteiger partial charge in [0.1, 0.15) is 16.9 Å². The van der Waals surface area contributed by atoms with Gasteiger partial charge >= 0.3 is 0 Å². The third-order valence-corrected chi connectivity index (χ3v) is 5.33. The van der Waals surface area contributed by atoms with Crippen molar-refractivity contribution in [2.24, 2.45) is 5.92 Å². The summed E-state index contributed by atoms with van der Waals surface area (Å²) in [5.41, 5.74) is -0.238. The lowest BCUT2D eigenvalue weighted by Crippen LogP contribution is -2.21. The number of nitrogens with zero attached hydrogens (tertiary/aromatic N) is 4. The topological polar surface area (TPSA) is 87.0 Å². The number of H-pyrrole nitrogens is 1. The second kappa shape index (κ2) is 7.12. The molecule has 4 rings (SSSR count). The predicted octanol–water partition coefficient (Wildman–Crippen LogP) is 2.93. The summed E-state index contributed by atoms with van der Waals surface area (Å²) in [4.78, 5) is 21.4. The lowest BCUT2D eigenvalue weighted by atomic mass is 9.99. The average molecular weight is 421 g/mol. The predicted molar refractivity (Wildman–Crippen MR) is 105 cm³/mol. The van der Waals surface area contributed by atoms with Crippen molar-refractivity contribution in [3.05, 3.63) is 51.2 Å². The molecule has 0 amide bonds. The molecular formula is C20H22F3N5O2. The Hall–Kier alpha value is -2.88. The number of aromatic amines is 1. The van der Waals surface area contributed by atoms with E-state index in [1.165, 1.54) is 10.7 Å². The molecule has 2 aromatic heterocycles. The summed E-state index contributed by atoms with van der Waals surface area (Å²) in [6.07, 6.45) is 1.69. The van der Waals surface area contributed by atoms with Crippen LogP contribution in [-0.4, -0.2) is 39.0 Å². The van der Waals surface area contributed by atoms with E-state index in [0.717, 1.165) is 25.0 Å². The van der Waals surface area contributed by atoms with Gasteiger partial charge in [0.2, 0.25) is 5.95 Å². The SMILES string of the molecule is CN(C)c1nc2c(c(CO)nn2C(c2ccc(C(C)(F)F)c(F)c2)C2CC2)c(=O)[nH]1. The van der Waals surface area contributed by atoms with Crippen LogP contribution in [0.25, 0.3) is 11.0 Å². The largest absolute Gasteiger partial charge is 0.390 e. The first-order valence-corrected chi connectivity index (χ1v) is 9.59. The van der Waals surface area contributed by atoms with E-state index in [1.54, 1.807) is 19.0 Å². The van der Waals surface area contributed by atoms with E-state index in [0.29, 0.717) is 18.4 Å². The highest BCUT2D eigenvalue weighted by atomic mass is 19.3. The maximum absolute atomic E-state index is 14.5. The molecule has 2 heterocycles. The molecular weight excluding hydrogens is 399 g/mol. The van der Waals surface area contributed by atoms with E-state index in [4.69, 9.17) is 0 Å². The van der Waals surface area contributed by atoms with E-state index >= 15 is 0 Å². The smallest absolute Gasteiger partial charge is 0.273 e. The molecule has 0 saturated heterocycles. The molecule has 1 saturated carbocycles. The highest BCUT2D eigenvalue weighted by Gasteiger charge is 2.37. The van der Waals surface area contributed by atoms with Crippen molar-refractivity contribution in [2.45, 2.75) is 38.3 Å². The minimum atomic E-state index is -3.30. The highest BCUT2D eigenvalue weighted by molar-refractivity contribution is 5.78. The number of aliphatic hydroxyl groups is 1. The van der Waals surface area contributed by atoms with Gasteiger partial charge in [-0.25, -0.2) is 17.9 Å². The quantitative estimate of drug-likeness (QED) is 0.639. The number of alkyl halides is 2. The number of halogens is 3. The molecule has 160 valence electrons. The van der Waals surface area contributed by atoms with Gasteiger partial charge in [0.15, 0.2) is 5.65 Å². The van der Waals surface area contributed by atoms with Gasteiger partial charge in [-0.15, -0.1) is 0 Å². The van der Waals surface area contributed by atoms with Gasteiger partial charge in [0.05, 0.1) is 18.2 Å². The molecule has 3 aromatic rings. The molecule has 1 aliphatic rings. The molecule has 1 fully saturated rings. The van der Waals surface area contributed by atoms with Crippen LogP contribution in [0.2, 0.25) is 0 Å². The van der Waals surface area contributed by atoms with Gasteiger partial charge in [-0.1, -0.05) is 6.07 Å². The number of fused-ring (bicyclic) bond motifs is 1. The Labute approximate surface area is 170 Å². The summed E-state index contributed by atoms with van der Waals surface area (Å²) in [7, 11) is 3.43. The second-order valence-corrected chi connectivity index (χ2v) is 7.94. The normalized spacial score (nSPS) is 15.6. The van der Waals surface area contributed by atoms with Crippen molar-refractivity contribution in [3.63, 3.8) is 0 Å². The number of aromatic nitrogens is 4. The van der Waals surface area contributed by atoms with Crippen LogP contribution in [0.1, 0.15) is 42.6 Å². The van der Waals surface area contributed by atoms with Gasteiger partial charge < -0.3 is 10.0 Å². The molecule has 30 heavy (non-hydrogen) atoms. The number of aliphatic hydroxyl groups excluding tert-OH is 1. The van der Waals surface area contributed by atoms with Gasteiger partial charge in [-0.3, -0.25) is 9.78 Å². The summed E-state index contributed by atoms with van der Waals surface area (Å²) < 4.78 is 43.3. The Bertz CT molecular complexity index is 1160. The molecule has 1 unspecified atom stereocenters. The average Bonchev–Trinajstić information content (AvgIpc) is 3.42. The van der Waals surface area contributed by atoms with E-state index < -0.39 is 35.5 Å². The lowest BCUT2D eigenvalue weighted by molar-refractivity contribution is 0.0137. The fraction of sp³-hybridized carbons (Fsp3) is 0.450. The van der Waals surface area contributed by atoms with E-state index in [-0.39, 0.29) is 22.6 Å². The summed E-state index contributed by atoms with van der Waals surface area (Å²) >= 11 is 0. The Kier molecular flexibility index (Phi) is 4.84. The highest BCUT2D eigenvalue weighted by Crippen LogP contribution is 2.45. The molecule has 1 aromatic carbocycles. The Morgan fingerprint density at radius 1 is 1.37 bits per heavy atom. The Morgan fingerprint density at radius 3 is 2.60 bits per heavy atom. The number of hydrogen-bond donors (Lipinski definition) is 2. The molecule has 7 nitrogen and oxygen atoms in total. The third-order valence-electron chi connectivity index (χ3n) is 5.33. The molecule has 0 aliphatic heterocycles. The van der Waals surface area contributed by atoms with Crippen LogP contribution in [0.4, 0.5) is 19.1 Å². The zero-order valence-corrected chi connectivity index (χ0v) is 16.8. The molecule has 2 N–H and O–H groups in total. The first kappa shape index (κ1) is 20.4. The van der Waals surface area contributed by atoms with Crippen molar-refractivity contribution >= 4 is 17.0 Å². The summed E-state index contributed by atoms with van der Waals surface area (Å²) in [5.74, 6) is -3.89. The van der Waals surface area contributed by atoms with Crippen LogP contribution >= 0.6 is 0 Å². The van der Waals surface area contributed by atoms with Crippen molar-refractivity contribution in [2.75, 3.05) is 19.0 Å². The van der Waals surface area contributed by atoms with Crippen LogP contribution in [0, 0.1) is 11.7 Å². The number of anilines is 1. The summed E-state index contributed by atoms with van der Waals surface area (Å²) in [5, 5.41) is 14.3. The fourth-order valence-electron chi connectivity index (χ4n) is 3.72. The van der Waals surface area contributed by atoms with Crippen molar-refractivity contribution < 1.29 is 18.3 Å². The van der Waals surface area contributed by atoms with E-state index in [1.807, 2.05) is 0 Å². The van der Waals surface area contributed by atoms with Crippen molar-refractivity contribution in [3.8, 4) is 0 Å². The number of rotatable bonds is 6. The Balaban J connectivity index is 1.92. The van der Waals surface area contributed by atoms with E-state index in [2.05, 4.69) is 15.1 Å². The lowest BCUT2D eigenvalue weighted by Gasteiger charge is -2.20. The van der Waals surface area contributed by atoms with Gasteiger partial charge in [-0.05, 0) is 36.5 Å². The van der Waals surface area contributed by atoms with Crippen LogP contribution in [0.5, 0.6) is 0 Å². The molecule has 1 aliphatic carbocycles. The number of nitrogens with one attached hydrogen (secondary N) is 1. The summed E-state index contributed by atoms with van der Waals surface area (Å²) in [6, 6.07) is 3.16. The maximum atomic E-state index is 14.5. The fourth-order valence-corrected chi connectivity index (χ4v) is 3.72. The number of hydrogen-bond acceptors (Lipinski definition) is 5. The molecule has 0 radical (unpaired) electrons. The van der Waals surface area contributed by atoms with Crippen LogP contribution in [0.3, 0.4) is 0 Å². The zero-order valence-electron chi connectivity index (χ0n) is 16.8. The standard InChI is InChI=1S/C20H22F3N5O2/c1-20(22,23)12-7-6-11(8-13(12)21)16(10-4-5-10)28-17-15(14(9-29)26-28)18(30)25-19(24-17)27(2)3/h6-8,10,16,29H,4-5,9H2,1-3H3,(H,24,25,30). The second-order valence-electron chi connectivity index (χ2n) is 7.94. The van der Waals surface area contributed by atoms with Gasteiger partial charge in [0, 0.05) is 21.0 Å². The summed E-state index contributed by atoms with van der Waals surface area (Å²) in [6.45, 7) is 0.180. The molecule has 10 heteroatoms. The first-order valence-electron chi connectivity index (χ1n) is 9.59. The molecule has 0 bridgehead atoms. The van der Waals surface area contributed by atoms with Crippen molar-refractivity contribution in [1.82, 2.24) is 19.7 Å². The van der Waals surface area contributed by atoms with Gasteiger partial charge in [0.25, 0.3) is 11.5 Å². The van der Waals surface area contributed by atoms with E-state index in [9.17, 15) is 23.1 Å². The van der Waals surface area contributed by atoms with Crippen molar-refractivity contribution in [1.29, 1.82) is 0 Å². The minimum absolute atomic E-state index is 0.0934. The van der Waals surface area contributed by atoms with Crippen LogP contribution in [0.15, 0.2) is 23.0 Å². The molecule has 1 atom stereocenters. The zero-order chi connectivity index (χ0) is 21.8. The monoisotopic (exact) mass is 421 g/mol. The van der Waals surface area contributed by atoms with Crippen LogP contribution < -0.4 is 10.5 Å². The molecule has 0 spiro atoms. The van der Waals surface area contributed by atoms with Gasteiger partial charge in [-0.2, -0.15) is 10.1 Å². The first-order chi connectivity index (χ1) is 14.1. The number of benzene rings is 1. The minimum Gasteiger partial charge on any atom is -0.390 e. The maximum Gasteiger partial charge on any atom is 0.273 e.